The number of hydrogen-bond acceptors (Lipinski definition) is 5. The molecular formula is C13H18N2O4. The van der Waals surface area contributed by atoms with E-state index in [1.165, 1.54) is 12.3 Å². The highest BCUT2D eigenvalue weighted by Gasteiger charge is 2.28. The molecule has 1 amide bonds. The fourth-order valence-corrected chi connectivity index (χ4v) is 2.02. The van der Waals surface area contributed by atoms with Crippen LogP contribution in [-0.4, -0.2) is 39.9 Å². The fourth-order valence-electron chi connectivity index (χ4n) is 2.02. The van der Waals surface area contributed by atoms with Gasteiger partial charge >= 0.3 is 0 Å². The molecule has 1 aliphatic heterocycles. The lowest BCUT2D eigenvalue weighted by Crippen LogP contribution is -2.27. The van der Waals surface area contributed by atoms with Gasteiger partial charge in [-0.3, -0.25) is 9.78 Å². The molecule has 3 unspecified atom stereocenters. The van der Waals surface area contributed by atoms with Crippen molar-refractivity contribution in [3.05, 3.63) is 24.0 Å². The number of nitrogens with zero attached hydrogens (tertiary/aromatic N) is 1. The van der Waals surface area contributed by atoms with E-state index in [-0.39, 0.29) is 12.0 Å². The number of hydrogen-bond donors (Lipinski definition) is 3. The first-order valence-corrected chi connectivity index (χ1v) is 6.31. The summed E-state index contributed by atoms with van der Waals surface area (Å²) in [5.41, 5.74) is 0.853. The van der Waals surface area contributed by atoms with E-state index in [2.05, 4.69) is 10.3 Å². The van der Waals surface area contributed by atoms with Crippen molar-refractivity contribution in [3.8, 4) is 0 Å². The first kappa shape index (κ1) is 13.9. The molecule has 2 heterocycles. The van der Waals surface area contributed by atoms with Gasteiger partial charge in [0.05, 0.1) is 18.4 Å². The molecule has 1 aromatic heterocycles. The van der Waals surface area contributed by atoms with Gasteiger partial charge in [0, 0.05) is 11.9 Å². The SMILES string of the molecule is CC1CCC(C(=O)Nc2ccnc(C(O)CO)c2)O1. The van der Waals surface area contributed by atoms with E-state index in [0.717, 1.165) is 6.42 Å². The van der Waals surface area contributed by atoms with Gasteiger partial charge in [-0.05, 0) is 31.9 Å². The van der Waals surface area contributed by atoms with Gasteiger partial charge in [0.2, 0.25) is 0 Å². The van der Waals surface area contributed by atoms with Crippen LogP contribution < -0.4 is 5.32 Å². The van der Waals surface area contributed by atoms with E-state index < -0.39 is 18.8 Å². The van der Waals surface area contributed by atoms with Crippen LogP contribution in [0.4, 0.5) is 5.69 Å². The van der Waals surface area contributed by atoms with Crippen LogP contribution in [-0.2, 0) is 9.53 Å². The fraction of sp³-hybridized carbons (Fsp3) is 0.538. The predicted octanol–water partition coefficient (Wildman–Crippen LogP) is 0.613. The van der Waals surface area contributed by atoms with Crippen LogP contribution in [0.2, 0.25) is 0 Å². The molecule has 1 aromatic rings. The average Bonchev–Trinajstić information content (AvgIpc) is 2.85. The lowest BCUT2D eigenvalue weighted by Gasteiger charge is -2.13. The molecule has 0 saturated carbocycles. The highest BCUT2D eigenvalue weighted by atomic mass is 16.5. The van der Waals surface area contributed by atoms with Crippen molar-refractivity contribution in [2.75, 3.05) is 11.9 Å². The van der Waals surface area contributed by atoms with Crippen molar-refractivity contribution in [2.24, 2.45) is 0 Å². The van der Waals surface area contributed by atoms with Crippen LogP contribution in [0.5, 0.6) is 0 Å². The number of aliphatic hydroxyl groups excluding tert-OH is 2. The zero-order valence-corrected chi connectivity index (χ0v) is 10.7. The molecule has 0 spiro atoms. The summed E-state index contributed by atoms with van der Waals surface area (Å²) in [6.07, 6.45) is 1.71. The predicted molar refractivity (Wildman–Crippen MR) is 68.5 cm³/mol. The highest BCUT2D eigenvalue weighted by Crippen LogP contribution is 2.21. The maximum Gasteiger partial charge on any atom is 0.253 e. The highest BCUT2D eigenvalue weighted by molar-refractivity contribution is 5.94. The van der Waals surface area contributed by atoms with Crippen LogP contribution in [0.15, 0.2) is 18.3 Å². The minimum absolute atomic E-state index is 0.111. The smallest absolute Gasteiger partial charge is 0.253 e. The third-order valence-corrected chi connectivity index (χ3v) is 3.09. The van der Waals surface area contributed by atoms with Crippen LogP contribution in [0.1, 0.15) is 31.6 Å². The average molecular weight is 266 g/mol. The Hall–Kier alpha value is -1.50. The molecule has 0 radical (unpaired) electrons. The molecule has 2 rings (SSSR count). The lowest BCUT2D eigenvalue weighted by atomic mass is 10.2. The Kier molecular flexibility index (Phi) is 4.47. The summed E-state index contributed by atoms with van der Waals surface area (Å²) in [4.78, 5) is 15.9. The Morgan fingerprint density at radius 1 is 1.63 bits per heavy atom. The summed E-state index contributed by atoms with van der Waals surface area (Å²) in [6, 6.07) is 3.17. The summed E-state index contributed by atoms with van der Waals surface area (Å²) in [7, 11) is 0. The first-order valence-electron chi connectivity index (χ1n) is 6.31. The second kappa shape index (κ2) is 6.10. The number of nitrogens with one attached hydrogen (secondary N) is 1. The number of anilines is 1. The largest absolute Gasteiger partial charge is 0.393 e. The van der Waals surface area contributed by atoms with Crippen molar-refractivity contribution < 1.29 is 19.7 Å². The molecule has 1 saturated heterocycles. The third kappa shape index (κ3) is 3.50. The molecule has 104 valence electrons. The van der Waals surface area contributed by atoms with E-state index in [4.69, 9.17) is 9.84 Å². The van der Waals surface area contributed by atoms with Crippen molar-refractivity contribution in [3.63, 3.8) is 0 Å². The quantitative estimate of drug-likeness (QED) is 0.742. The molecule has 1 fully saturated rings. The molecule has 1 aliphatic rings. The van der Waals surface area contributed by atoms with Gasteiger partial charge in [-0.15, -0.1) is 0 Å². The number of carbonyl (C=O) groups excluding carboxylic acids is 1. The second-order valence-electron chi connectivity index (χ2n) is 4.67. The number of carbonyl (C=O) groups is 1. The molecule has 19 heavy (non-hydrogen) atoms. The molecule has 6 nitrogen and oxygen atoms in total. The van der Waals surface area contributed by atoms with Gasteiger partial charge in [0.15, 0.2) is 0 Å². The number of pyridine rings is 1. The Balaban J connectivity index is 2.00. The number of aliphatic hydroxyl groups is 2. The van der Waals surface area contributed by atoms with Crippen LogP contribution in [0.3, 0.4) is 0 Å². The van der Waals surface area contributed by atoms with Gasteiger partial charge in [-0.1, -0.05) is 0 Å². The van der Waals surface area contributed by atoms with Crippen molar-refractivity contribution in [1.29, 1.82) is 0 Å². The molecule has 0 aromatic carbocycles. The normalized spacial score (nSPS) is 24.2. The van der Waals surface area contributed by atoms with Gasteiger partial charge in [-0.2, -0.15) is 0 Å². The second-order valence-corrected chi connectivity index (χ2v) is 4.67. The number of ether oxygens (including phenoxy) is 1. The van der Waals surface area contributed by atoms with E-state index in [1.54, 1.807) is 6.07 Å². The van der Waals surface area contributed by atoms with Crippen molar-refractivity contribution >= 4 is 11.6 Å². The minimum Gasteiger partial charge on any atom is -0.393 e. The van der Waals surface area contributed by atoms with Gasteiger partial charge in [0.25, 0.3) is 5.91 Å². The van der Waals surface area contributed by atoms with Crippen molar-refractivity contribution in [1.82, 2.24) is 4.98 Å². The molecule has 0 bridgehead atoms. The Morgan fingerprint density at radius 3 is 3.05 bits per heavy atom. The Labute approximate surface area is 111 Å². The number of rotatable bonds is 4. The zero-order chi connectivity index (χ0) is 13.8. The van der Waals surface area contributed by atoms with E-state index >= 15 is 0 Å². The molecule has 0 aliphatic carbocycles. The van der Waals surface area contributed by atoms with Gasteiger partial charge in [0.1, 0.15) is 12.2 Å². The lowest BCUT2D eigenvalue weighted by molar-refractivity contribution is -0.126. The summed E-state index contributed by atoms with van der Waals surface area (Å²) < 4.78 is 5.48. The summed E-state index contributed by atoms with van der Waals surface area (Å²) in [5.74, 6) is -0.194. The third-order valence-electron chi connectivity index (χ3n) is 3.09. The van der Waals surface area contributed by atoms with E-state index in [1.807, 2.05) is 6.92 Å². The number of aromatic nitrogens is 1. The standard InChI is InChI=1S/C13H18N2O4/c1-8-2-3-12(19-8)13(18)15-9-4-5-14-10(6-9)11(17)7-16/h4-6,8,11-12,16-17H,2-3,7H2,1H3,(H,14,15,18). The van der Waals surface area contributed by atoms with Crippen LogP contribution in [0.25, 0.3) is 0 Å². The topological polar surface area (TPSA) is 91.7 Å². The Bertz CT molecular complexity index is 452. The summed E-state index contributed by atoms with van der Waals surface area (Å²) in [5, 5.41) is 21.1. The summed E-state index contributed by atoms with van der Waals surface area (Å²) >= 11 is 0. The summed E-state index contributed by atoms with van der Waals surface area (Å²) in [6.45, 7) is 1.53. The maximum atomic E-state index is 11.9. The first-order chi connectivity index (χ1) is 9.10. The van der Waals surface area contributed by atoms with Crippen molar-refractivity contribution in [2.45, 2.75) is 38.1 Å². The maximum absolute atomic E-state index is 11.9. The van der Waals surface area contributed by atoms with Crippen LogP contribution in [0, 0.1) is 0 Å². The van der Waals surface area contributed by atoms with E-state index in [0.29, 0.717) is 17.8 Å². The Morgan fingerprint density at radius 2 is 2.42 bits per heavy atom. The van der Waals surface area contributed by atoms with Gasteiger partial charge in [-0.25, -0.2) is 0 Å². The molecular weight excluding hydrogens is 248 g/mol. The molecule has 3 atom stereocenters. The monoisotopic (exact) mass is 266 g/mol. The molecule has 3 N–H and O–H groups in total. The molecule has 6 heteroatoms. The van der Waals surface area contributed by atoms with E-state index in [9.17, 15) is 9.90 Å². The van der Waals surface area contributed by atoms with Gasteiger partial charge < -0.3 is 20.3 Å². The zero-order valence-electron chi connectivity index (χ0n) is 10.7. The minimum atomic E-state index is -1.04. The van der Waals surface area contributed by atoms with Crippen LogP contribution >= 0.6 is 0 Å². The number of amides is 1.